The van der Waals surface area contributed by atoms with E-state index in [1.165, 1.54) is 5.69 Å². The fraction of sp³-hybridized carbons (Fsp3) is 0.400. The van der Waals surface area contributed by atoms with Crippen LogP contribution < -0.4 is 14.4 Å². The Morgan fingerprint density at radius 3 is 2.61 bits per heavy atom. The Labute approximate surface area is 184 Å². The Hall–Kier alpha value is -2.83. The minimum Gasteiger partial charge on any atom is -0.478 e. The first-order valence-electron chi connectivity index (χ1n) is 10.9. The van der Waals surface area contributed by atoms with E-state index in [0.29, 0.717) is 37.0 Å². The highest BCUT2D eigenvalue weighted by Gasteiger charge is 2.35. The molecule has 0 aliphatic carbocycles. The zero-order valence-corrected chi connectivity index (χ0v) is 18.7. The molecular weight excluding hydrogens is 392 g/mol. The summed E-state index contributed by atoms with van der Waals surface area (Å²) in [6.45, 7) is 10.7. The molecule has 2 heterocycles. The molecule has 0 N–H and O–H groups in total. The van der Waals surface area contributed by atoms with Gasteiger partial charge in [0, 0.05) is 39.0 Å². The molecule has 0 amide bonds. The van der Waals surface area contributed by atoms with Gasteiger partial charge in [0.2, 0.25) is 5.78 Å². The molecule has 31 heavy (non-hydrogen) atoms. The normalized spacial score (nSPS) is 16.6. The second kappa shape index (κ2) is 9.12. The molecule has 6 heteroatoms. The zero-order chi connectivity index (χ0) is 22.0. The van der Waals surface area contributed by atoms with Gasteiger partial charge >= 0.3 is 0 Å². The van der Waals surface area contributed by atoms with E-state index < -0.39 is 0 Å². The number of methoxy groups -OCH3 is 1. The van der Waals surface area contributed by atoms with E-state index in [2.05, 4.69) is 35.8 Å². The molecule has 0 bridgehead atoms. The molecule has 0 radical (unpaired) electrons. The van der Waals surface area contributed by atoms with E-state index in [-0.39, 0.29) is 5.78 Å². The van der Waals surface area contributed by atoms with Crippen molar-refractivity contribution in [2.24, 2.45) is 0 Å². The highest BCUT2D eigenvalue weighted by atomic mass is 16.5. The lowest BCUT2D eigenvalue weighted by molar-refractivity contribution is 0.0646. The second-order valence-electron chi connectivity index (χ2n) is 7.90. The van der Waals surface area contributed by atoms with Crippen LogP contribution in [0.2, 0.25) is 0 Å². The van der Waals surface area contributed by atoms with Gasteiger partial charge in [-0.05, 0) is 56.2 Å². The number of nitrogens with zero attached hydrogens (tertiary/aromatic N) is 2. The number of rotatable bonds is 7. The molecule has 0 spiro atoms. The summed E-state index contributed by atoms with van der Waals surface area (Å²) in [4.78, 5) is 17.6. The third-order valence-electron chi connectivity index (χ3n) is 5.92. The summed E-state index contributed by atoms with van der Waals surface area (Å²) < 4.78 is 17.3. The molecule has 0 fully saturated rings. The summed E-state index contributed by atoms with van der Waals surface area (Å²) in [5, 5.41) is 0. The number of allylic oxidation sites excluding steroid dienone is 1. The predicted molar refractivity (Wildman–Crippen MR) is 122 cm³/mol. The van der Waals surface area contributed by atoms with Crippen LogP contribution in [-0.2, 0) is 11.3 Å². The van der Waals surface area contributed by atoms with Crippen LogP contribution in [0.5, 0.6) is 11.5 Å². The maximum atomic E-state index is 13.2. The van der Waals surface area contributed by atoms with Crippen LogP contribution in [0.25, 0.3) is 6.08 Å². The van der Waals surface area contributed by atoms with Gasteiger partial charge in [0.25, 0.3) is 0 Å². The van der Waals surface area contributed by atoms with E-state index in [4.69, 9.17) is 14.2 Å². The largest absolute Gasteiger partial charge is 0.478 e. The highest BCUT2D eigenvalue weighted by molar-refractivity contribution is 6.15. The molecule has 6 nitrogen and oxygen atoms in total. The lowest BCUT2D eigenvalue weighted by atomic mass is 9.98. The Morgan fingerprint density at radius 1 is 1.19 bits per heavy atom. The molecule has 0 saturated carbocycles. The maximum absolute atomic E-state index is 13.2. The average molecular weight is 423 g/mol. The Balaban J connectivity index is 1.61. The summed E-state index contributed by atoms with van der Waals surface area (Å²) in [5.41, 5.74) is 4.56. The lowest BCUT2D eigenvalue weighted by Gasteiger charge is -2.29. The van der Waals surface area contributed by atoms with Gasteiger partial charge in [-0.1, -0.05) is 12.1 Å². The third-order valence-corrected chi connectivity index (χ3v) is 5.92. The molecule has 2 aliphatic rings. The quantitative estimate of drug-likeness (QED) is 0.622. The number of anilines is 1. The zero-order valence-electron chi connectivity index (χ0n) is 18.7. The number of Topliss-reactive ketones (excluding diaryl/α,β-unsaturated/α-hetero) is 1. The lowest BCUT2D eigenvalue weighted by Crippen LogP contribution is -2.34. The van der Waals surface area contributed by atoms with Gasteiger partial charge in [-0.15, -0.1) is 0 Å². The number of fused-ring (bicyclic) bond motifs is 3. The fourth-order valence-electron chi connectivity index (χ4n) is 4.16. The van der Waals surface area contributed by atoms with Crippen molar-refractivity contribution in [3.05, 3.63) is 58.3 Å². The summed E-state index contributed by atoms with van der Waals surface area (Å²) in [6, 6.07) is 10.2. The summed E-state index contributed by atoms with van der Waals surface area (Å²) in [6.07, 6.45) is 1.83. The number of ether oxygens (including phenoxy) is 3. The van der Waals surface area contributed by atoms with Crippen molar-refractivity contribution in [1.82, 2.24) is 4.90 Å². The van der Waals surface area contributed by atoms with Crippen molar-refractivity contribution in [2.45, 2.75) is 27.3 Å². The molecule has 2 aromatic rings. The Morgan fingerprint density at radius 2 is 1.94 bits per heavy atom. The average Bonchev–Trinajstić information content (AvgIpc) is 3.11. The smallest absolute Gasteiger partial charge is 0.232 e. The van der Waals surface area contributed by atoms with Gasteiger partial charge in [0.15, 0.2) is 5.76 Å². The van der Waals surface area contributed by atoms with Gasteiger partial charge in [-0.3, -0.25) is 9.69 Å². The van der Waals surface area contributed by atoms with E-state index >= 15 is 0 Å². The molecular formula is C25H30N2O4. The van der Waals surface area contributed by atoms with Crippen molar-refractivity contribution in [3.63, 3.8) is 0 Å². The van der Waals surface area contributed by atoms with E-state index in [9.17, 15) is 4.79 Å². The molecule has 0 saturated heterocycles. The van der Waals surface area contributed by atoms with E-state index in [0.717, 1.165) is 42.1 Å². The molecule has 4 rings (SSSR count). The Bertz CT molecular complexity index is 994. The van der Waals surface area contributed by atoms with Crippen LogP contribution in [0.1, 0.15) is 40.9 Å². The van der Waals surface area contributed by atoms with E-state index in [1.807, 2.05) is 31.2 Å². The minimum absolute atomic E-state index is 0.0721. The topological polar surface area (TPSA) is 51.2 Å². The van der Waals surface area contributed by atoms with Gasteiger partial charge in [-0.25, -0.2) is 0 Å². The molecule has 0 unspecified atom stereocenters. The number of hydrogen-bond donors (Lipinski definition) is 0. The number of aryl methyl sites for hydroxylation is 1. The van der Waals surface area contributed by atoms with Crippen LogP contribution in [0.15, 0.2) is 36.1 Å². The van der Waals surface area contributed by atoms with Crippen molar-refractivity contribution in [1.29, 1.82) is 0 Å². The van der Waals surface area contributed by atoms with Crippen LogP contribution in [-0.4, -0.2) is 50.8 Å². The first kappa shape index (κ1) is 21.4. The summed E-state index contributed by atoms with van der Waals surface area (Å²) >= 11 is 0. The highest BCUT2D eigenvalue weighted by Crippen LogP contribution is 2.44. The third kappa shape index (κ3) is 4.18. The number of hydrogen-bond acceptors (Lipinski definition) is 6. The molecule has 0 aromatic heterocycles. The SMILES string of the molecule is CCN(CC)c1ccc(/C=C2\Oc3c4c(cc(C)c3C2=O)OCN(CCOC)C4)cc1. The number of ketones is 1. The molecule has 0 atom stereocenters. The first-order chi connectivity index (χ1) is 15.0. The fourth-order valence-corrected chi connectivity index (χ4v) is 4.16. The van der Waals surface area contributed by atoms with Crippen molar-refractivity contribution >= 4 is 17.5 Å². The van der Waals surface area contributed by atoms with E-state index in [1.54, 1.807) is 7.11 Å². The molecule has 2 aliphatic heterocycles. The summed E-state index contributed by atoms with van der Waals surface area (Å²) in [5.74, 6) is 1.71. The number of carbonyl (C=O) groups is 1. The monoisotopic (exact) mass is 422 g/mol. The van der Waals surface area contributed by atoms with Crippen LogP contribution in [0.4, 0.5) is 5.69 Å². The first-order valence-corrected chi connectivity index (χ1v) is 10.9. The minimum atomic E-state index is -0.0721. The molecule has 2 aromatic carbocycles. The standard InChI is InChI=1S/C25H30N2O4/c1-5-27(6-2)19-9-7-18(8-10-19)14-22-24(28)23-17(3)13-21-20(25(23)31-22)15-26(16-30-21)11-12-29-4/h7-10,13-14H,5-6,11-12,15-16H2,1-4H3/b22-14-. The van der Waals surface area contributed by atoms with Gasteiger partial charge < -0.3 is 19.1 Å². The van der Waals surface area contributed by atoms with Crippen molar-refractivity contribution in [2.75, 3.05) is 45.0 Å². The second-order valence-corrected chi connectivity index (χ2v) is 7.90. The van der Waals surface area contributed by atoms with Gasteiger partial charge in [-0.2, -0.15) is 0 Å². The predicted octanol–water partition coefficient (Wildman–Crippen LogP) is 4.26. The van der Waals surface area contributed by atoms with Gasteiger partial charge in [0.1, 0.15) is 18.2 Å². The maximum Gasteiger partial charge on any atom is 0.232 e. The van der Waals surface area contributed by atoms with Crippen molar-refractivity contribution < 1.29 is 19.0 Å². The summed E-state index contributed by atoms with van der Waals surface area (Å²) in [7, 11) is 1.69. The van der Waals surface area contributed by atoms with Crippen molar-refractivity contribution in [3.8, 4) is 11.5 Å². The van der Waals surface area contributed by atoms with Crippen LogP contribution in [0.3, 0.4) is 0 Å². The van der Waals surface area contributed by atoms with Gasteiger partial charge in [0.05, 0.1) is 17.7 Å². The Kier molecular flexibility index (Phi) is 6.30. The number of benzene rings is 2. The van der Waals surface area contributed by atoms with Crippen LogP contribution >= 0.6 is 0 Å². The molecule has 164 valence electrons. The number of carbonyl (C=O) groups excluding carboxylic acids is 1. The van der Waals surface area contributed by atoms with Crippen LogP contribution in [0, 0.1) is 6.92 Å².